The maximum Gasteiger partial charge on any atom is 0.254 e. The number of H-pyrrole nitrogens is 1. The number of alkyl halides is 4. The van der Waals surface area contributed by atoms with Crippen molar-refractivity contribution in [2.24, 2.45) is 0 Å². The lowest BCUT2D eigenvalue weighted by atomic mass is 10.2. The topological polar surface area (TPSA) is 32.9 Å². The number of rotatable bonds is 3. The number of hydrogen-bond donors (Lipinski definition) is 1. The highest BCUT2D eigenvalue weighted by molar-refractivity contribution is 9.09. The van der Waals surface area contributed by atoms with Crippen molar-refractivity contribution in [1.82, 2.24) is 4.98 Å². The first-order valence-electron chi connectivity index (χ1n) is 3.97. The van der Waals surface area contributed by atoms with Crippen LogP contribution < -0.4 is 0 Å². The molecular weight excluding hydrogens is 324 g/mol. The Morgan fingerprint density at radius 3 is 2.73 bits per heavy atom. The maximum atomic E-state index is 11.5. The average molecular weight is 331 g/mol. The molecule has 82 valence electrons. The number of aromatic nitrogens is 1. The Kier molecular flexibility index (Phi) is 4.71. The molecule has 0 radical (unpaired) electrons. The molecule has 1 N–H and O–H groups in total. The number of allylic oxidation sites excluding steroid dienone is 1. The van der Waals surface area contributed by atoms with Gasteiger partial charge in [-0.25, -0.2) is 0 Å². The van der Waals surface area contributed by atoms with Crippen molar-refractivity contribution in [3.05, 3.63) is 29.6 Å². The van der Waals surface area contributed by atoms with Crippen LogP contribution in [0.15, 0.2) is 18.3 Å². The van der Waals surface area contributed by atoms with Gasteiger partial charge < -0.3 is 4.98 Å². The molecule has 0 saturated carbocycles. The van der Waals surface area contributed by atoms with Crippen LogP contribution in [-0.2, 0) is 0 Å². The van der Waals surface area contributed by atoms with Crippen LogP contribution in [-0.4, -0.2) is 19.9 Å². The number of ketones is 1. The van der Waals surface area contributed by atoms with E-state index in [-0.39, 0.29) is 5.69 Å². The van der Waals surface area contributed by atoms with E-state index in [0.29, 0.717) is 0 Å². The Bertz CT molecular complexity index is 381. The van der Waals surface area contributed by atoms with Crippen molar-refractivity contribution >= 4 is 62.6 Å². The van der Waals surface area contributed by atoms with E-state index in [0.717, 1.165) is 10.9 Å². The minimum absolute atomic E-state index is 0.282. The van der Waals surface area contributed by atoms with Gasteiger partial charge in [-0.1, -0.05) is 62.9 Å². The predicted octanol–water partition coefficient (Wildman–Crippen LogP) is 3.98. The van der Waals surface area contributed by atoms with E-state index in [2.05, 4.69) is 20.9 Å². The second-order valence-corrected chi connectivity index (χ2v) is 5.66. The van der Waals surface area contributed by atoms with Gasteiger partial charge in [0.15, 0.2) is 0 Å². The standard InChI is InChI=1S/C9H7BrCl3NO/c10-3-1-2-6-4-7(14-5-6)8(15)9(11,12)13/h1-2,4-5,14H,3H2. The summed E-state index contributed by atoms with van der Waals surface area (Å²) in [5.74, 6) is -0.564. The van der Waals surface area contributed by atoms with E-state index >= 15 is 0 Å². The quantitative estimate of drug-likeness (QED) is 0.660. The molecule has 0 fully saturated rings. The van der Waals surface area contributed by atoms with Gasteiger partial charge in [0.1, 0.15) is 0 Å². The van der Waals surface area contributed by atoms with Gasteiger partial charge >= 0.3 is 0 Å². The van der Waals surface area contributed by atoms with Crippen molar-refractivity contribution in [2.75, 3.05) is 5.33 Å². The van der Waals surface area contributed by atoms with Crippen LogP contribution in [0.2, 0.25) is 0 Å². The first-order chi connectivity index (χ1) is 6.95. The number of carbonyl (C=O) groups is 1. The number of aromatic amines is 1. The van der Waals surface area contributed by atoms with E-state index in [1.165, 1.54) is 0 Å². The number of Topliss-reactive ketones (excluding diaryl/α,β-unsaturated/α-hetero) is 1. The summed E-state index contributed by atoms with van der Waals surface area (Å²) in [6.07, 6.45) is 5.41. The Hall–Kier alpha value is 0.0400. The number of halogens is 4. The third-order valence-corrected chi connectivity index (χ3v) is 2.50. The summed E-state index contributed by atoms with van der Waals surface area (Å²) in [4.78, 5) is 14.2. The average Bonchev–Trinajstić information content (AvgIpc) is 2.60. The molecule has 1 aromatic heterocycles. The summed E-state index contributed by atoms with van der Waals surface area (Å²) in [6, 6.07) is 1.63. The van der Waals surface area contributed by atoms with Crippen molar-refractivity contribution < 1.29 is 4.79 Å². The molecule has 0 aliphatic carbocycles. The van der Waals surface area contributed by atoms with Gasteiger partial charge in [0, 0.05) is 11.5 Å². The zero-order valence-electron chi connectivity index (χ0n) is 7.44. The zero-order chi connectivity index (χ0) is 11.5. The Balaban J connectivity index is 2.85. The number of carbonyl (C=O) groups excluding carboxylic acids is 1. The minimum Gasteiger partial charge on any atom is -0.358 e. The van der Waals surface area contributed by atoms with Crippen molar-refractivity contribution in [1.29, 1.82) is 0 Å². The second-order valence-electron chi connectivity index (χ2n) is 2.73. The first-order valence-corrected chi connectivity index (χ1v) is 6.23. The summed E-state index contributed by atoms with van der Waals surface area (Å²) in [7, 11) is 0. The van der Waals surface area contributed by atoms with Crippen LogP contribution in [0, 0.1) is 0 Å². The highest BCUT2D eigenvalue weighted by Gasteiger charge is 2.32. The lowest BCUT2D eigenvalue weighted by Crippen LogP contribution is -2.19. The fourth-order valence-electron chi connectivity index (χ4n) is 0.972. The highest BCUT2D eigenvalue weighted by atomic mass is 79.9. The molecule has 0 unspecified atom stereocenters. The normalized spacial score (nSPS) is 12.3. The summed E-state index contributed by atoms with van der Waals surface area (Å²) < 4.78 is -1.92. The van der Waals surface area contributed by atoms with Gasteiger partial charge in [-0.15, -0.1) is 0 Å². The fraction of sp³-hybridized carbons (Fsp3) is 0.222. The van der Waals surface area contributed by atoms with E-state index in [4.69, 9.17) is 34.8 Å². The van der Waals surface area contributed by atoms with E-state index in [1.54, 1.807) is 12.3 Å². The molecule has 0 aliphatic heterocycles. The molecule has 1 rings (SSSR count). The van der Waals surface area contributed by atoms with Crippen LogP contribution in [0.5, 0.6) is 0 Å². The molecule has 6 heteroatoms. The van der Waals surface area contributed by atoms with Gasteiger partial charge in [-0.3, -0.25) is 4.79 Å². The van der Waals surface area contributed by atoms with Crippen LogP contribution >= 0.6 is 50.7 Å². The first kappa shape index (κ1) is 13.1. The minimum atomic E-state index is -1.92. The molecule has 2 nitrogen and oxygen atoms in total. The van der Waals surface area contributed by atoms with E-state index < -0.39 is 9.58 Å². The third kappa shape index (κ3) is 3.83. The number of nitrogens with one attached hydrogen (secondary N) is 1. The molecule has 0 amide bonds. The molecule has 1 aromatic rings. The lowest BCUT2D eigenvalue weighted by Gasteiger charge is -2.06. The van der Waals surface area contributed by atoms with Gasteiger partial charge in [-0.2, -0.15) is 0 Å². The van der Waals surface area contributed by atoms with Crippen LogP contribution in [0.4, 0.5) is 0 Å². The monoisotopic (exact) mass is 329 g/mol. The lowest BCUT2D eigenvalue weighted by molar-refractivity contribution is 0.0992. The van der Waals surface area contributed by atoms with Gasteiger partial charge in [0.25, 0.3) is 3.79 Å². The van der Waals surface area contributed by atoms with E-state index in [9.17, 15) is 4.79 Å². The molecule has 15 heavy (non-hydrogen) atoms. The third-order valence-electron chi connectivity index (χ3n) is 1.61. The Labute approximate surface area is 111 Å². The molecule has 0 aliphatic rings. The SMILES string of the molecule is O=C(c1cc(C=CCBr)c[nH]1)C(Cl)(Cl)Cl. The van der Waals surface area contributed by atoms with Crippen LogP contribution in [0.1, 0.15) is 16.1 Å². The fourth-order valence-corrected chi connectivity index (χ4v) is 1.46. The summed E-state index contributed by atoms with van der Waals surface area (Å²) in [5, 5.41) is 0.742. The molecular formula is C9H7BrCl3NO. The second kappa shape index (κ2) is 5.39. The largest absolute Gasteiger partial charge is 0.358 e. The van der Waals surface area contributed by atoms with Crippen molar-refractivity contribution in [3.8, 4) is 0 Å². The molecule has 0 atom stereocenters. The summed E-state index contributed by atoms with van der Waals surface area (Å²) >= 11 is 19.6. The van der Waals surface area contributed by atoms with Gasteiger partial charge in [0.2, 0.25) is 5.78 Å². The molecule has 0 spiro atoms. The van der Waals surface area contributed by atoms with E-state index in [1.807, 2.05) is 12.2 Å². The molecule has 0 aromatic carbocycles. The van der Waals surface area contributed by atoms with Crippen molar-refractivity contribution in [2.45, 2.75) is 3.79 Å². The zero-order valence-corrected chi connectivity index (χ0v) is 11.3. The molecule has 0 saturated heterocycles. The smallest absolute Gasteiger partial charge is 0.254 e. The maximum absolute atomic E-state index is 11.5. The summed E-state index contributed by atoms with van der Waals surface area (Å²) in [6.45, 7) is 0. The molecule has 0 bridgehead atoms. The Morgan fingerprint density at radius 1 is 1.53 bits per heavy atom. The van der Waals surface area contributed by atoms with Crippen molar-refractivity contribution in [3.63, 3.8) is 0 Å². The van der Waals surface area contributed by atoms with Crippen LogP contribution in [0.3, 0.4) is 0 Å². The highest BCUT2D eigenvalue weighted by Crippen LogP contribution is 2.30. The van der Waals surface area contributed by atoms with Gasteiger partial charge in [0.05, 0.1) is 5.69 Å². The molecule has 1 heterocycles. The van der Waals surface area contributed by atoms with Crippen LogP contribution in [0.25, 0.3) is 6.08 Å². The summed E-state index contributed by atoms with van der Waals surface area (Å²) in [5.41, 5.74) is 1.14. The predicted molar refractivity (Wildman–Crippen MR) is 68.2 cm³/mol. The number of hydrogen-bond acceptors (Lipinski definition) is 1. The van der Waals surface area contributed by atoms with Gasteiger partial charge in [-0.05, 0) is 11.6 Å². The Morgan fingerprint density at radius 2 is 2.20 bits per heavy atom.